The molecule has 0 spiro atoms. The first kappa shape index (κ1) is 13.3. The smallest absolute Gasteiger partial charge is 0.123 e. The van der Waals surface area contributed by atoms with E-state index in [4.69, 9.17) is 0 Å². The van der Waals surface area contributed by atoms with Crippen LogP contribution in [0.3, 0.4) is 0 Å². The average molecular weight is 274 g/mol. The fourth-order valence-corrected chi connectivity index (χ4v) is 2.86. The van der Waals surface area contributed by atoms with Crippen molar-refractivity contribution in [3.8, 4) is 0 Å². The second-order valence-corrected chi connectivity index (χ2v) is 5.50. The summed E-state index contributed by atoms with van der Waals surface area (Å²) in [5.41, 5.74) is 1.61. The van der Waals surface area contributed by atoms with Gasteiger partial charge in [-0.2, -0.15) is 5.10 Å². The predicted octanol–water partition coefficient (Wildman–Crippen LogP) is 3.41. The van der Waals surface area contributed by atoms with Gasteiger partial charge in [0.2, 0.25) is 0 Å². The molecular weight excluding hydrogens is 255 g/mol. The molecule has 1 heterocycles. The molecule has 1 N–H and O–H groups in total. The molecule has 1 fully saturated rings. The molecule has 2 aromatic rings. The van der Waals surface area contributed by atoms with Crippen molar-refractivity contribution < 1.29 is 9.50 Å². The predicted molar refractivity (Wildman–Crippen MR) is 74.8 cm³/mol. The summed E-state index contributed by atoms with van der Waals surface area (Å²) < 4.78 is 14.9. The fraction of sp³-hybridized carbons (Fsp3) is 0.438. The van der Waals surface area contributed by atoms with Crippen LogP contribution in [-0.2, 0) is 6.42 Å². The summed E-state index contributed by atoms with van der Waals surface area (Å²) in [6.45, 7) is 0. The minimum Gasteiger partial charge on any atom is -0.388 e. The van der Waals surface area contributed by atoms with Crippen molar-refractivity contribution in [2.75, 3.05) is 0 Å². The van der Waals surface area contributed by atoms with Crippen LogP contribution in [0.4, 0.5) is 4.39 Å². The van der Waals surface area contributed by atoms with Crippen LogP contribution in [-0.4, -0.2) is 14.9 Å². The normalized spacial score (nSPS) is 17.5. The Morgan fingerprint density at radius 2 is 1.90 bits per heavy atom. The van der Waals surface area contributed by atoms with Crippen LogP contribution < -0.4 is 0 Å². The van der Waals surface area contributed by atoms with Gasteiger partial charge in [-0.15, -0.1) is 0 Å². The van der Waals surface area contributed by atoms with E-state index in [9.17, 15) is 9.50 Å². The number of hydrogen-bond donors (Lipinski definition) is 1. The van der Waals surface area contributed by atoms with Gasteiger partial charge in [0.15, 0.2) is 0 Å². The Hall–Kier alpha value is -1.68. The highest BCUT2D eigenvalue weighted by Gasteiger charge is 2.18. The largest absolute Gasteiger partial charge is 0.388 e. The second-order valence-electron chi connectivity index (χ2n) is 5.50. The number of nitrogens with zero attached hydrogens (tertiary/aromatic N) is 2. The lowest BCUT2D eigenvalue weighted by Crippen LogP contribution is -2.07. The summed E-state index contributed by atoms with van der Waals surface area (Å²) in [4.78, 5) is 0. The van der Waals surface area contributed by atoms with Gasteiger partial charge in [0.05, 0.1) is 17.8 Å². The summed E-state index contributed by atoms with van der Waals surface area (Å²) in [5.74, 6) is -0.286. The molecule has 20 heavy (non-hydrogen) atoms. The molecule has 106 valence electrons. The summed E-state index contributed by atoms with van der Waals surface area (Å²) in [6.07, 6.45) is 6.77. The number of benzene rings is 1. The highest BCUT2D eigenvalue weighted by atomic mass is 19.1. The van der Waals surface area contributed by atoms with E-state index in [1.807, 2.05) is 16.9 Å². The fourth-order valence-electron chi connectivity index (χ4n) is 2.86. The second kappa shape index (κ2) is 5.75. The number of halogens is 1. The van der Waals surface area contributed by atoms with E-state index >= 15 is 0 Å². The minimum absolute atomic E-state index is 0.286. The van der Waals surface area contributed by atoms with Crippen molar-refractivity contribution in [1.29, 1.82) is 0 Å². The van der Waals surface area contributed by atoms with Crippen molar-refractivity contribution in [2.45, 2.75) is 44.2 Å². The lowest BCUT2D eigenvalue weighted by molar-refractivity contribution is 0.176. The minimum atomic E-state index is -0.637. The molecule has 0 aliphatic heterocycles. The first-order chi connectivity index (χ1) is 9.72. The van der Waals surface area contributed by atoms with Crippen LogP contribution in [0.5, 0.6) is 0 Å². The molecule has 3 rings (SSSR count). The molecule has 1 aromatic carbocycles. The highest BCUT2D eigenvalue weighted by Crippen LogP contribution is 2.29. The highest BCUT2D eigenvalue weighted by molar-refractivity contribution is 5.20. The van der Waals surface area contributed by atoms with E-state index in [0.29, 0.717) is 12.5 Å². The lowest BCUT2D eigenvalue weighted by Gasteiger charge is -2.11. The summed E-state index contributed by atoms with van der Waals surface area (Å²) in [5, 5.41) is 14.7. The summed E-state index contributed by atoms with van der Waals surface area (Å²) in [6, 6.07) is 8.46. The molecule has 1 aromatic heterocycles. The van der Waals surface area contributed by atoms with Crippen LogP contribution >= 0.6 is 0 Å². The summed E-state index contributed by atoms with van der Waals surface area (Å²) >= 11 is 0. The molecule has 1 aliphatic rings. The molecule has 1 aliphatic carbocycles. The third-order valence-corrected chi connectivity index (χ3v) is 4.02. The summed E-state index contributed by atoms with van der Waals surface area (Å²) in [7, 11) is 0. The van der Waals surface area contributed by atoms with Gasteiger partial charge in [-0.3, -0.25) is 4.68 Å². The molecule has 0 bridgehead atoms. The maximum absolute atomic E-state index is 12.9. The average Bonchev–Trinajstić information content (AvgIpc) is 3.09. The van der Waals surface area contributed by atoms with Crippen molar-refractivity contribution in [2.24, 2.45) is 0 Å². The van der Waals surface area contributed by atoms with Crippen molar-refractivity contribution >= 4 is 0 Å². The number of aromatic nitrogens is 2. The van der Waals surface area contributed by atoms with E-state index in [2.05, 4.69) is 5.10 Å². The number of aliphatic hydroxyl groups excluding tert-OH is 1. The molecule has 3 nitrogen and oxygen atoms in total. The van der Waals surface area contributed by atoms with E-state index in [1.165, 1.54) is 37.8 Å². The van der Waals surface area contributed by atoms with E-state index in [0.717, 1.165) is 11.3 Å². The molecule has 0 amide bonds. The standard InChI is InChI=1S/C16H19FN2O/c17-13-7-5-12(6-8-13)16(20)11-14-9-10-19(18-14)15-3-1-2-4-15/h5-10,15-16,20H,1-4,11H2. The molecule has 0 saturated heterocycles. The zero-order chi connectivity index (χ0) is 13.9. The Morgan fingerprint density at radius 3 is 2.60 bits per heavy atom. The lowest BCUT2D eigenvalue weighted by atomic mass is 10.1. The van der Waals surface area contributed by atoms with Gasteiger partial charge in [0, 0.05) is 12.6 Å². The molecular formula is C16H19FN2O. The Morgan fingerprint density at radius 1 is 1.20 bits per heavy atom. The van der Waals surface area contributed by atoms with E-state index < -0.39 is 6.10 Å². The monoisotopic (exact) mass is 274 g/mol. The van der Waals surface area contributed by atoms with Crippen molar-refractivity contribution in [1.82, 2.24) is 9.78 Å². The molecule has 0 radical (unpaired) electrons. The molecule has 4 heteroatoms. The first-order valence-electron chi connectivity index (χ1n) is 7.20. The maximum Gasteiger partial charge on any atom is 0.123 e. The van der Waals surface area contributed by atoms with Crippen molar-refractivity contribution in [3.05, 3.63) is 53.6 Å². The van der Waals surface area contributed by atoms with Crippen LogP contribution in [0, 0.1) is 5.82 Å². The Bertz CT molecular complexity index is 558. The Labute approximate surface area is 118 Å². The van der Waals surface area contributed by atoms with E-state index in [-0.39, 0.29) is 5.82 Å². The van der Waals surface area contributed by atoms with Gasteiger partial charge in [-0.05, 0) is 36.6 Å². The van der Waals surface area contributed by atoms with E-state index in [1.54, 1.807) is 12.1 Å². The van der Waals surface area contributed by atoms with Crippen LogP contribution in [0.25, 0.3) is 0 Å². The zero-order valence-corrected chi connectivity index (χ0v) is 11.4. The Balaban J connectivity index is 1.66. The van der Waals surface area contributed by atoms with Gasteiger partial charge < -0.3 is 5.11 Å². The van der Waals surface area contributed by atoms with Gasteiger partial charge in [0.25, 0.3) is 0 Å². The van der Waals surface area contributed by atoms with Gasteiger partial charge in [-0.1, -0.05) is 25.0 Å². The quantitative estimate of drug-likeness (QED) is 0.927. The number of rotatable bonds is 4. The maximum atomic E-state index is 12.9. The third kappa shape index (κ3) is 2.90. The molecule has 1 saturated carbocycles. The zero-order valence-electron chi connectivity index (χ0n) is 11.4. The van der Waals surface area contributed by atoms with Crippen molar-refractivity contribution in [3.63, 3.8) is 0 Å². The van der Waals surface area contributed by atoms with Crippen LogP contribution in [0.2, 0.25) is 0 Å². The van der Waals surface area contributed by atoms with Gasteiger partial charge >= 0.3 is 0 Å². The Kier molecular flexibility index (Phi) is 3.83. The third-order valence-electron chi connectivity index (χ3n) is 4.02. The van der Waals surface area contributed by atoms with Crippen LogP contribution in [0.15, 0.2) is 36.5 Å². The SMILES string of the molecule is OC(Cc1ccn(C2CCCC2)n1)c1ccc(F)cc1. The first-order valence-corrected chi connectivity index (χ1v) is 7.20. The van der Waals surface area contributed by atoms with Gasteiger partial charge in [0.1, 0.15) is 5.82 Å². The topological polar surface area (TPSA) is 38.0 Å². The molecule has 1 atom stereocenters. The van der Waals surface area contributed by atoms with Gasteiger partial charge in [-0.25, -0.2) is 4.39 Å². The van der Waals surface area contributed by atoms with Crippen LogP contribution in [0.1, 0.15) is 49.1 Å². The number of aliphatic hydroxyl groups is 1. The number of hydrogen-bond acceptors (Lipinski definition) is 2. The molecule has 1 unspecified atom stereocenters.